The second-order valence-electron chi connectivity index (χ2n) is 7.12. The van der Waals surface area contributed by atoms with Crippen LogP contribution in [-0.2, 0) is 29.6 Å². The van der Waals surface area contributed by atoms with E-state index >= 15 is 0 Å². The first kappa shape index (κ1) is 21.9. The molecule has 1 aliphatic rings. The molecule has 0 spiro atoms. The minimum Gasteiger partial charge on any atom is -0.305 e. The smallest absolute Gasteiger partial charge is 0.305 e. The highest BCUT2D eigenvalue weighted by molar-refractivity contribution is 7.75. The zero-order valence-corrected chi connectivity index (χ0v) is 17.5. The van der Waals surface area contributed by atoms with Crippen molar-refractivity contribution in [1.29, 1.82) is 0 Å². The van der Waals surface area contributed by atoms with Crippen LogP contribution < -0.4 is 5.32 Å². The summed E-state index contributed by atoms with van der Waals surface area (Å²) in [5.74, 6) is -0.924. The van der Waals surface area contributed by atoms with Crippen molar-refractivity contribution in [2.45, 2.75) is 37.4 Å². The number of halogens is 4. The van der Waals surface area contributed by atoms with E-state index in [4.69, 9.17) is 0 Å². The zero-order valence-electron chi connectivity index (χ0n) is 16.6. The van der Waals surface area contributed by atoms with E-state index in [9.17, 15) is 26.6 Å². The number of urea groups is 1. The Morgan fingerprint density at radius 2 is 1.94 bits per heavy atom. The molecule has 0 saturated heterocycles. The fraction of sp³-hybridized carbons (Fsp3) is 0.250. The number of carbonyl (C=O) groups excluding carboxylic acids is 1. The molecule has 0 aliphatic heterocycles. The monoisotopic (exact) mass is 467 g/mol. The third-order valence-corrected chi connectivity index (χ3v) is 6.03. The first-order valence-electron chi connectivity index (χ1n) is 9.55. The van der Waals surface area contributed by atoms with Crippen molar-refractivity contribution >= 4 is 22.3 Å². The SMILES string of the molecule is Cc1c(C(F)(F)F)nc2c(c1NC(=O)/N=[SH](=O)/c1nn(-c3ccccc3)cc1F)CCC2. The predicted molar refractivity (Wildman–Crippen MR) is 109 cm³/mol. The number of aromatic nitrogens is 3. The van der Waals surface area contributed by atoms with Gasteiger partial charge < -0.3 is 5.32 Å². The number of hydrogen-bond acceptors (Lipinski definition) is 4. The van der Waals surface area contributed by atoms with E-state index in [1.165, 1.54) is 6.92 Å². The minimum atomic E-state index is -4.70. The number of thiol groups is 1. The maximum atomic E-state index is 14.3. The number of hydrogen-bond donors (Lipinski definition) is 2. The number of amides is 2. The number of rotatable bonds is 3. The van der Waals surface area contributed by atoms with Gasteiger partial charge in [-0.25, -0.2) is 23.1 Å². The molecule has 0 radical (unpaired) electrons. The van der Waals surface area contributed by atoms with Crippen LogP contribution in [0.15, 0.2) is 45.9 Å². The topological polar surface area (TPSA) is 89.2 Å². The number of aryl methyl sites for hydroxylation is 1. The largest absolute Gasteiger partial charge is 0.433 e. The average Bonchev–Trinajstić information content (AvgIpc) is 3.36. The summed E-state index contributed by atoms with van der Waals surface area (Å²) >= 11 is 0. The Balaban J connectivity index is 1.64. The first-order valence-corrected chi connectivity index (χ1v) is 10.8. The van der Waals surface area contributed by atoms with Gasteiger partial charge in [-0.3, -0.25) is 0 Å². The summed E-state index contributed by atoms with van der Waals surface area (Å²) in [4.78, 5) is 16.1. The van der Waals surface area contributed by atoms with Crippen LogP contribution in [-0.4, -0.2) is 25.0 Å². The lowest BCUT2D eigenvalue weighted by Crippen LogP contribution is -2.17. The van der Waals surface area contributed by atoms with E-state index in [2.05, 4.69) is 19.8 Å². The van der Waals surface area contributed by atoms with Gasteiger partial charge in [0.25, 0.3) is 0 Å². The van der Waals surface area contributed by atoms with Gasteiger partial charge in [-0.05, 0) is 43.9 Å². The lowest BCUT2D eigenvalue weighted by molar-refractivity contribution is -0.141. The predicted octanol–water partition coefficient (Wildman–Crippen LogP) is 4.48. The molecule has 0 fully saturated rings. The summed E-state index contributed by atoms with van der Waals surface area (Å²) in [5.41, 5.74) is -0.133. The molecule has 2 aromatic heterocycles. The molecule has 4 rings (SSSR count). The molecule has 0 bridgehead atoms. The van der Waals surface area contributed by atoms with E-state index in [-0.39, 0.29) is 16.9 Å². The molecular weight excluding hydrogens is 450 g/mol. The number of alkyl halides is 3. The highest BCUT2D eigenvalue weighted by Gasteiger charge is 2.37. The molecule has 3 aromatic rings. The molecule has 2 heterocycles. The highest BCUT2D eigenvalue weighted by Crippen LogP contribution is 2.38. The van der Waals surface area contributed by atoms with Gasteiger partial charge in [0.05, 0.1) is 28.2 Å². The van der Waals surface area contributed by atoms with Gasteiger partial charge in [-0.2, -0.15) is 18.3 Å². The quantitative estimate of drug-likeness (QED) is 0.439. The third-order valence-electron chi connectivity index (χ3n) is 5.00. The Hall–Kier alpha value is -3.28. The fourth-order valence-corrected chi connectivity index (χ4v) is 4.30. The summed E-state index contributed by atoms with van der Waals surface area (Å²) in [6, 6.07) is 7.31. The second-order valence-corrected chi connectivity index (χ2v) is 8.29. The third kappa shape index (κ3) is 4.22. The molecular formula is C20H17F4N5O2S. The molecule has 7 nitrogen and oxygen atoms in total. The van der Waals surface area contributed by atoms with Gasteiger partial charge in [0.1, 0.15) is 5.69 Å². The minimum absolute atomic E-state index is 0.0488. The van der Waals surface area contributed by atoms with Crippen LogP contribution in [0.5, 0.6) is 0 Å². The summed E-state index contributed by atoms with van der Waals surface area (Å²) in [6.45, 7) is 1.20. The molecule has 1 aliphatic carbocycles. The fourth-order valence-electron chi connectivity index (χ4n) is 3.58. The van der Waals surface area contributed by atoms with Crippen LogP contribution >= 0.6 is 0 Å². The number of fused-ring (bicyclic) bond motifs is 1. The van der Waals surface area contributed by atoms with E-state index < -0.39 is 39.3 Å². The summed E-state index contributed by atoms with van der Waals surface area (Å²) in [6.07, 6.45) is -2.30. The van der Waals surface area contributed by atoms with Crippen molar-refractivity contribution in [3.8, 4) is 5.69 Å². The van der Waals surface area contributed by atoms with Crippen molar-refractivity contribution in [3.05, 3.63) is 64.9 Å². The molecule has 2 amide bonds. The van der Waals surface area contributed by atoms with Gasteiger partial charge in [-0.15, -0.1) is 4.36 Å². The molecule has 1 aromatic carbocycles. The maximum absolute atomic E-state index is 14.3. The van der Waals surface area contributed by atoms with Crippen LogP contribution in [0.3, 0.4) is 0 Å². The molecule has 12 heteroatoms. The van der Waals surface area contributed by atoms with Crippen LogP contribution in [0.25, 0.3) is 5.69 Å². The summed E-state index contributed by atoms with van der Waals surface area (Å²) in [7, 11) is -2.93. The van der Waals surface area contributed by atoms with E-state index in [0.717, 1.165) is 10.9 Å². The number of nitrogens with zero attached hydrogens (tertiary/aromatic N) is 4. The van der Waals surface area contributed by atoms with Gasteiger partial charge in [0.2, 0.25) is 0 Å². The molecule has 1 N–H and O–H groups in total. The summed E-state index contributed by atoms with van der Waals surface area (Å²) < 4.78 is 71.4. The number of anilines is 1. The van der Waals surface area contributed by atoms with E-state index in [1.807, 2.05) is 0 Å². The van der Waals surface area contributed by atoms with E-state index in [0.29, 0.717) is 30.5 Å². The molecule has 1 unspecified atom stereocenters. The van der Waals surface area contributed by atoms with Gasteiger partial charge >= 0.3 is 12.2 Å². The maximum Gasteiger partial charge on any atom is 0.433 e. The number of benzene rings is 1. The van der Waals surface area contributed by atoms with Crippen LogP contribution in [0, 0.1) is 12.7 Å². The summed E-state index contributed by atoms with van der Waals surface area (Å²) in [5, 5.41) is 5.65. The molecule has 1 atom stereocenters. The van der Waals surface area contributed by atoms with Crippen molar-refractivity contribution in [2.75, 3.05) is 5.32 Å². The number of carbonyl (C=O) groups is 1. The Bertz CT molecular complexity index is 1280. The van der Waals surface area contributed by atoms with Crippen molar-refractivity contribution in [1.82, 2.24) is 14.8 Å². The Morgan fingerprint density at radius 1 is 1.22 bits per heavy atom. The molecule has 0 saturated carbocycles. The van der Waals surface area contributed by atoms with Crippen molar-refractivity contribution in [3.63, 3.8) is 0 Å². The Morgan fingerprint density at radius 3 is 2.62 bits per heavy atom. The second kappa shape index (κ2) is 8.34. The zero-order chi connectivity index (χ0) is 23.0. The molecule has 168 valence electrons. The van der Waals surface area contributed by atoms with Gasteiger partial charge in [0, 0.05) is 11.3 Å². The number of para-hydroxylation sites is 1. The van der Waals surface area contributed by atoms with Crippen LogP contribution in [0.4, 0.5) is 28.0 Å². The van der Waals surface area contributed by atoms with Crippen molar-refractivity contribution in [2.24, 2.45) is 4.36 Å². The lowest BCUT2D eigenvalue weighted by Gasteiger charge is -2.17. The van der Waals surface area contributed by atoms with Crippen LogP contribution in [0.2, 0.25) is 0 Å². The van der Waals surface area contributed by atoms with Gasteiger partial charge in [-0.1, -0.05) is 18.2 Å². The normalized spacial score (nSPS) is 14.4. The Kier molecular flexibility index (Phi) is 5.71. The average molecular weight is 467 g/mol. The van der Waals surface area contributed by atoms with E-state index in [1.54, 1.807) is 30.3 Å². The van der Waals surface area contributed by atoms with Crippen molar-refractivity contribution < 1.29 is 26.6 Å². The van der Waals surface area contributed by atoms with Gasteiger partial charge in [0.15, 0.2) is 10.8 Å². The Labute approximate surface area is 181 Å². The van der Waals surface area contributed by atoms with Crippen LogP contribution in [0.1, 0.15) is 28.9 Å². The highest BCUT2D eigenvalue weighted by atomic mass is 32.2. The standard InChI is InChI=1S/C20H17F4N5O2S/c1-11-16(13-8-5-9-15(13)25-17(11)20(22,23)24)26-19(30)28-32(31)18-14(21)10-29(27-18)12-6-3-2-4-7-12/h2-4,6-7,10,32H,5,8-9H2,1H3,(H,25,26,30). The lowest BCUT2D eigenvalue weighted by atomic mass is 10.1. The first-order chi connectivity index (χ1) is 15.1. The number of pyridine rings is 1. The molecule has 32 heavy (non-hydrogen) atoms. The number of nitrogens with one attached hydrogen (secondary N) is 1.